The molecule has 1 aromatic carbocycles. The fourth-order valence-corrected chi connectivity index (χ4v) is 4.07. The topological polar surface area (TPSA) is 33.7 Å². The van der Waals surface area contributed by atoms with Crippen molar-refractivity contribution in [2.45, 2.75) is 38.3 Å². The SMILES string of the molecule is c1cc2c(cc1CN1CCC(C3CCCN3)CC1)OCCO2. The fourth-order valence-electron chi connectivity index (χ4n) is 4.07. The van der Waals surface area contributed by atoms with Crippen LogP contribution in [0.3, 0.4) is 0 Å². The van der Waals surface area contributed by atoms with Gasteiger partial charge in [0, 0.05) is 12.6 Å². The summed E-state index contributed by atoms with van der Waals surface area (Å²) in [5.41, 5.74) is 1.33. The summed E-state index contributed by atoms with van der Waals surface area (Å²) < 4.78 is 11.3. The highest BCUT2D eigenvalue weighted by atomic mass is 16.6. The van der Waals surface area contributed by atoms with Gasteiger partial charge in [0.1, 0.15) is 13.2 Å². The van der Waals surface area contributed by atoms with E-state index in [0.29, 0.717) is 13.2 Å². The van der Waals surface area contributed by atoms with Gasteiger partial charge in [-0.15, -0.1) is 0 Å². The Morgan fingerprint density at radius 3 is 2.64 bits per heavy atom. The zero-order valence-electron chi connectivity index (χ0n) is 13.2. The summed E-state index contributed by atoms with van der Waals surface area (Å²) in [7, 11) is 0. The molecule has 1 N–H and O–H groups in total. The van der Waals surface area contributed by atoms with E-state index in [2.05, 4.69) is 28.4 Å². The van der Waals surface area contributed by atoms with Crippen molar-refractivity contribution in [3.05, 3.63) is 23.8 Å². The summed E-state index contributed by atoms with van der Waals surface area (Å²) in [4.78, 5) is 2.58. The molecular weight excluding hydrogens is 276 g/mol. The quantitative estimate of drug-likeness (QED) is 0.930. The number of rotatable bonds is 3. The minimum absolute atomic E-state index is 0.662. The lowest BCUT2D eigenvalue weighted by Gasteiger charge is -2.35. The monoisotopic (exact) mass is 302 g/mol. The number of fused-ring (bicyclic) bond motifs is 1. The van der Waals surface area contributed by atoms with E-state index >= 15 is 0 Å². The summed E-state index contributed by atoms with van der Waals surface area (Å²) in [5, 5.41) is 3.68. The van der Waals surface area contributed by atoms with E-state index in [1.807, 2.05) is 0 Å². The molecule has 1 atom stereocenters. The van der Waals surface area contributed by atoms with Crippen LogP contribution in [0, 0.1) is 5.92 Å². The first kappa shape index (κ1) is 14.3. The van der Waals surface area contributed by atoms with Crippen molar-refractivity contribution in [2.24, 2.45) is 5.92 Å². The third kappa shape index (κ3) is 3.08. The summed E-state index contributed by atoms with van der Waals surface area (Å²) in [6, 6.07) is 7.17. The number of benzene rings is 1. The molecule has 2 saturated heterocycles. The predicted octanol–water partition coefficient (Wildman–Crippen LogP) is 2.42. The molecule has 0 aromatic heterocycles. The minimum Gasteiger partial charge on any atom is -0.486 e. The van der Waals surface area contributed by atoms with Crippen LogP contribution in [-0.2, 0) is 6.54 Å². The molecule has 3 aliphatic heterocycles. The molecule has 0 aliphatic carbocycles. The van der Waals surface area contributed by atoms with Crippen molar-refractivity contribution in [3.8, 4) is 11.5 Å². The van der Waals surface area contributed by atoms with Gasteiger partial charge in [0.2, 0.25) is 0 Å². The number of hydrogen-bond acceptors (Lipinski definition) is 4. The number of hydrogen-bond donors (Lipinski definition) is 1. The fraction of sp³-hybridized carbons (Fsp3) is 0.667. The number of nitrogens with zero attached hydrogens (tertiary/aromatic N) is 1. The van der Waals surface area contributed by atoms with E-state index < -0.39 is 0 Å². The molecule has 1 aromatic rings. The summed E-state index contributed by atoms with van der Waals surface area (Å²) in [6.07, 6.45) is 5.42. The van der Waals surface area contributed by atoms with Crippen LogP contribution in [0.1, 0.15) is 31.2 Å². The Balaban J connectivity index is 1.32. The Hall–Kier alpha value is -1.26. The van der Waals surface area contributed by atoms with Crippen LogP contribution in [0.2, 0.25) is 0 Å². The second kappa shape index (κ2) is 6.47. The maximum atomic E-state index is 5.69. The molecule has 0 amide bonds. The van der Waals surface area contributed by atoms with Gasteiger partial charge in [-0.1, -0.05) is 6.07 Å². The number of likely N-dealkylation sites (tertiary alicyclic amines) is 1. The minimum atomic E-state index is 0.662. The van der Waals surface area contributed by atoms with Gasteiger partial charge in [-0.3, -0.25) is 4.90 Å². The predicted molar refractivity (Wildman–Crippen MR) is 86.5 cm³/mol. The third-order valence-corrected chi connectivity index (χ3v) is 5.31. The number of ether oxygens (including phenoxy) is 2. The Kier molecular flexibility index (Phi) is 4.22. The molecule has 0 bridgehead atoms. The molecule has 0 spiro atoms. The van der Waals surface area contributed by atoms with Crippen LogP contribution < -0.4 is 14.8 Å². The van der Waals surface area contributed by atoms with E-state index in [0.717, 1.165) is 30.0 Å². The zero-order chi connectivity index (χ0) is 14.8. The molecule has 1 unspecified atom stereocenters. The first-order valence-corrected chi connectivity index (χ1v) is 8.73. The van der Waals surface area contributed by atoms with Crippen molar-refractivity contribution in [2.75, 3.05) is 32.8 Å². The van der Waals surface area contributed by atoms with Gasteiger partial charge in [-0.05, 0) is 68.9 Å². The van der Waals surface area contributed by atoms with E-state index in [4.69, 9.17) is 9.47 Å². The average molecular weight is 302 g/mol. The second-order valence-corrected chi connectivity index (χ2v) is 6.79. The molecule has 22 heavy (non-hydrogen) atoms. The normalized spacial score (nSPS) is 26.3. The van der Waals surface area contributed by atoms with Gasteiger partial charge < -0.3 is 14.8 Å². The van der Waals surface area contributed by atoms with Crippen LogP contribution >= 0.6 is 0 Å². The second-order valence-electron chi connectivity index (χ2n) is 6.79. The lowest BCUT2D eigenvalue weighted by molar-refractivity contribution is 0.155. The Morgan fingerprint density at radius 2 is 1.86 bits per heavy atom. The largest absolute Gasteiger partial charge is 0.486 e. The van der Waals surface area contributed by atoms with Gasteiger partial charge in [0.05, 0.1) is 0 Å². The summed E-state index contributed by atoms with van der Waals surface area (Å²) >= 11 is 0. The Morgan fingerprint density at radius 1 is 1.05 bits per heavy atom. The summed E-state index contributed by atoms with van der Waals surface area (Å²) in [6.45, 7) is 6.02. The highest BCUT2D eigenvalue weighted by molar-refractivity contribution is 5.43. The molecule has 4 nitrogen and oxygen atoms in total. The van der Waals surface area contributed by atoms with E-state index in [-0.39, 0.29) is 0 Å². The Labute approximate surface area is 132 Å². The molecule has 4 heteroatoms. The van der Waals surface area contributed by atoms with Gasteiger partial charge >= 0.3 is 0 Å². The van der Waals surface area contributed by atoms with E-state index in [1.165, 1.54) is 50.9 Å². The molecule has 120 valence electrons. The molecule has 2 fully saturated rings. The van der Waals surface area contributed by atoms with E-state index in [1.54, 1.807) is 0 Å². The van der Waals surface area contributed by atoms with Crippen LogP contribution in [0.25, 0.3) is 0 Å². The Bertz CT molecular complexity index is 506. The highest BCUT2D eigenvalue weighted by Gasteiger charge is 2.28. The summed E-state index contributed by atoms with van der Waals surface area (Å²) in [5.74, 6) is 2.69. The van der Waals surface area contributed by atoms with E-state index in [9.17, 15) is 0 Å². The first-order valence-electron chi connectivity index (χ1n) is 8.73. The van der Waals surface area contributed by atoms with Crippen LogP contribution in [0.4, 0.5) is 0 Å². The van der Waals surface area contributed by atoms with Gasteiger partial charge in [-0.25, -0.2) is 0 Å². The van der Waals surface area contributed by atoms with Crippen molar-refractivity contribution in [1.82, 2.24) is 10.2 Å². The first-order chi connectivity index (χ1) is 10.9. The maximum absolute atomic E-state index is 5.69. The van der Waals surface area contributed by atoms with Gasteiger partial charge in [0.25, 0.3) is 0 Å². The van der Waals surface area contributed by atoms with Gasteiger partial charge in [-0.2, -0.15) is 0 Å². The molecule has 4 rings (SSSR count). The van der Waals surface area contributed by atoms with Crippen molar-refractivity contribution in [1.29, 1.82) is 0 Å². The van der Waals surface area contributed by atoms with Crippen molar-refractivity contribution >= 4 is 0 Å². The molecule has 3 aliphatic rings. The molecule has 3 heterocycles. The highest BCUT2D eigenvalue weighted by Crippen LogP contribution is 2.32. The van der Waals surface area contributed by atoms with Gasteiger partial charge in [0.15, 0.2) is 11.5 Å². The smallest absolute Gasteiger partial charge is 0.161 e. The van der Waals surface area contributed by atoms with Crippen molar-refractivity contribution < 1.29 is 9.47 Å². The molecule has 0 saturated carbocycles. The zero-order valence-corrected chi connectivity index (χ0v) is 13.2. The third-order valence-electron chi connectivity index (χ3n) is 5.31. The number of nitrogens with one attached hydrogen (secondary N) is 1. The maximum Gasteiger partial charge on any atom is 0.161 e. The lowest BCUT2D eigenvalue weighted by atomic mass is 9.88. The number of piperidine rings is 1. The van der Waals surface area contributed by atoms with Crippen molar-refractivity contribution in [3.63, 3.8) is 0 Å². The molecule has 0 radical (unpaired) electrons. The standard InChI is InChI=1S/C18H26N2O2/c1-2-16(19-7-1)15-5-8-20(9-6-15)13-14-3-4-17-18(12-14)22-11-10-21-17/h3-4,12,15-16,19H,1-2,5-11,13H2. The molecular formula is C18H26N2O2. The average Bonchev–Trinajstić information content (AvgIpc) is 3.10. The lowest BCUT2D eigenvalue weighted by Crippen LogP contribution is -2.40. The van der Waals surface area contributed by atoms with Crippen LogP contribution in [0.5, 0.6) is 11.5 Å². The van der Waals surface area contributed by atoms with Crippen LogP contribution in [0.15, 0.2) is 18.2 Å². The van der Waals surface area contributed by atoms with Crippen LogP contribution in [-0.4, -0.2) is 43.8 Å².